The van der Waals surface area contributed by atoms with Gasteiger partial charge in [0.05, 0.1) is 12.5 Å². The van der Waals surface area contributed by atoms with Crippen molar-refractivity contribution in [2.24, 2.45) is 17.6 Å². The summed E-state index contributed by atoms with van der Waals surface area (Å²) in [6.45, 7) is 6.10. The van der Waals surface area contributed by atoms with Crippen molar-refractivity contribution in [2.45, 2.75) is 66.0 Å². The molecule has 0 aliphatic carbocycles. The van der Waals surface area contributed by atoms with Gasteiger partial charge >= 0.3 is 5.97 Å². The fourth-order valence-electron chi connectivity index (χ4n) is 5.50. The van der Waals surface area contributed by atoms with Gasteiger partial charge in [0.1, 0.15) is 0 Å². The number of amides is 1. The van der Waals surface area contributed by atoms with Crippen molar-refractivity contribution < 1.29 is 14.3 Å². The predicted molar refractivity (Wildman–Crippen MR) is 182 cm³/mol. The summed E-state index contributed by atoms with van der Waals surface area (Å²) >= 11 is 0. The third-order valence-corrected chi connectivity index (χ3v) is 7.88. The van der Waals surface area contributed by atoms with Crippen molar-refractivity contribution in [1.82, 2.24) is 5.32 Å². The zero-order valence-corrected chi connectivity index (χ0v) is 25.5. The Kier molecular flexibility index (Phi) is 13.4. The first-order valence-corrected chi connectivity index (χ1v) is 15.3. The van der Waals surface area contributed by atoms with Crippen molar-refractivity contribution in [3.8, 4) is 22.3 Å². The molecule has 5 rings (SSSR count). The van der Waals surface area contributed by atoms with Crippen molar-refractivity contribution in [2.75, 3.05) is 6.61 Å². The summed E-state index contributed by atoms with van der Waals surface area (Å²) in [5.74, 6) is 0.0235. The number of benzene rings is 4. The van der Waals surface area contributed by atoms with Crippen LogP contribution in [0.15, 0.2) is 109 Å². The number of hydrogen-bond donors (Lipinski definition) is 2. The van der Waals surface area contributed by atoms with Crippen molar-refractivity contribution in [3.05, 3.63) is 120 Å². The molecule has 4 aromatic carbocycles. The SMILES string of the molecule is C.CC1C[C@@H](Cc2ccc(-c3ccccc3)cc2)NC1=O.CCOC(=O)[C@H](C)CC(N)Cc1ccc(-c2ccccc2)cc1. The smallest absolute Gasteiger partial charge is 0.308 e. The molecule has 0 radical (unpaired) electrons. The molecule has 1 saturated heterocycles. The van der Waals surface area contributed by atoms with E-state index in [2.05, 4.69) is 90.2 Å². The number of esters is 1. The maximum Gasteiger partial charge on any atom is 0.308 e. The highest BCUT2D eigenvalue weighted by atomic mass is 16.5. The molecule has 5 nitrogen and oxygen atoms in total. The Morgan fingerprint density at radius 1 is 0.818 bits per heavy atom. The van der Waals surface area contributed by atoms with Gasteiger partial charge in [0, 0.05) is 18.0 Å². The van der Waals surface area contributed by atoms with Gasteiger partial charge in [-0.05, 0) is 66.0 Å². The molecule has 0 aromatic heterocycles. The number of carbonyl (C=O) groups excluding carboxylic acids is 2. The van der Waals surface area contributed by atoms with Crippen molar-refractivity contribution in [3.63, 3.8) is 0 Å². The maximum atomic E-state index is 11.7. The first-order valence-electron chi connectivity index (χ1n) is 15.3. The number of ether oxygens (including phenoxy) is 1. The first kappa shape index (κ1) is 34.3. The van der Waals surface area contributed by atoms with E-state index in [9.17, 15) is 9.59 Å². The van der Waals surface area contributed by atoms with E-state index < -0.39 is 0 Å². The lowest BCUT2D eigenvalue weighted by Gasteiger charge is -2.16. The van der Waals surface area contributed by atoms with Crippen LogP contribution >= 0.6 is 0 Å². The van der Waals surface area contributed by atoms with Crippen LogP contribution in [0.2, 0.25) is 0 Å². The molecule has 1 fully saturated rings. The monoisotopic (exact) mass is 592 g/mol. The van der Waals surface area contributed by atoms with E-state index in [-0.39, 0.29) is 37.2 Å². The first-order chi connectivity index (χ1) is 20.8. The zero-order chi connectivity index (χ0) is 30.6. The Labute approximate surface area is 263 Å². The summed E-state index contributed by atoms with van der Waals surface area (Å²) in [6, 6.07) is 38.0. The number of nitrogens with two attached hydrogens (primary N) is 1. The van der Waals surface area contributed by atoms with Gasteiger partial charge in [-0.25, -0.2) is 0 Å². The van der Waals surface area contributed by atoms with E-state index in [1.54, 1.807) is 0 Å². The number of nitrogens with one attached hydrogen (secondary N) is 1. The Morgan fingerprint density at radius 3 is 1.75 bits per heavy atom. The topological polar surface area (TPSA) is 81.4 Å². The molecule has 4 atom stereocenters. The van der Waals surface area contributed by atoms with E-state index in [1.807, 2.05) is 45.0 Å². The second-order valence-electron chi connectivity index (χ2n) is 11.5. The van der Waals surface area contributed by atoms with E-state index in [0.29, 0.717) is 19.1 Å². The summed E-state index contributed by atoms with van der Waals surface area (Å²) in [5.41, 5.74) is 13.5. The van der Waals surface area contributed by atoms with Gasteiger partial charge in [-0.15, -0.1) is 0 Å². The van der Waals surface area contributed by atoms with Crippen LogP contribution in [-0.2, 0) is 27.2 Å². The minimum atomic E-state index is -0.164. The van der Waals surface area contributed by atoms with E-state index in [1.165, 1.54) is 33.4 Å². The molecule has 3 N–H and O–H groups in total. The van der Waals surface area contributed by atoms with Crippen LogP contribution in [0.3, 0.4) is 0 Å². The molecular formula is C39H48N2O3. The van der Waals surface area contributed by atoms with Crippen molar-refractivity contribution >= 4 is 11.9 Å². The van der Waals surface area contributed by atoms with Crippen LogP contribution in [0.5, 0.6) is 0 Å². The molecule has 1 heterocycles. The standard InChI is InChI=1S/C20H25NO2.C18H19NO.CH4/c1-3-23-20(22)15(2)13-19(21)14-16-9-11-18(12-10-16)17-7-5-4-6-8-17;1-13-11-17(19-18(13)20)12-14-7-9-16(10-8-14)15-5-3-2-4-6-15;/h4-12,15,19H,3,13-14,21H2,1-2H3;2-10,13,17H,11-12H2,1H3,(H,19,20);1H4/t15-,19?;13?,17-;/m10./s1. The average molecular weight is 593 g/mol. The quantitative estimate of drug-likeness (QED) is 0.184. The second-order valence-corrected chi connectivity index (χ2v) is 11.5. The highest BCUT2D eigenvalue weighted by Crippen LogP contribution is 2.23. The van der Waals surface area contributed by atoms with E-state index in [4.69, 9.17) is 10.5 Å². The van der Waals surface area contributed by atoms with Crippen LogP contribution in [-0.4, -0.2) is 30.6 Å². The fourth-order valence-corrected chi connectivity index (χ4v) is 5.50. The Morgan fingerprint density at radius 2 is 1.30 bits per heavy atom. The van der Waals surface area contributed by atoms with Gasteiger partial charge < -0.3 is 15.8 Å². The largest absolute Gasteiger partial charge is 0.466 e. The molecule has 2 unspecified atom stereocenters. The van der Waals surface area contributed by atoms with Gasteiger partial charge in [0.25, 0.3) is 0 Å². The highest BCUT2D eigenvalue weighted by Gasteiger charge is 2.28. The third kappa shape index (κ3) is 10.2. The fraction of sp³-hybridized carbons (Fsp3) is 0.333. The Hall–Kier alpha value is -4.22. The van der Waals surface area contributed by atoms with Crippen LogP contribution < -0.4 is 11.1 Å². The molecule has 4 aromatic rings. The summed E-state index contributed by atoms with van der Waals surface area (Å²) < 4.78 is 5.02. The second kappa shape index (κ2) is 17.2. The highest BCUT2D eigenvalue weighted by molar-refractivity contribution is 5.80. The minimum absolute atomic E-state index is 0. The van der Waals surface area contributed by atoms with Crippen LogP contribution in [0.1, 0.15) is 52.2 Å². The van der Waals surface area contributed by atoms with Gasteiger partial charge in [0.15, 0.2) is 0 Å². The molecule has 44 heavy (non-hydrogen) atoms. The van der Waals surface area contributed by atoms with Gasteiger partial charge in [-0.3, -0.25) is 9.59 Å². The van der Waals surface area contributed by atoms with Crippen LogP contribution in [0.4, 0.5) is 0 Å². The normalized spacial score (nSPS) is 16.9. The summed E-state index contributed by atoms with van der Waals surface area (Å²) in [5, 5.41) is 3.06. The summed E-state index contributed by atoms with van der Waals surface area (Å²) in [7, 11) is 0. The molecule has 232 valence electrons. The molecule has 0 bridgehead atoms. The predicted octanol–water partition coefficient (Wildman–Crippen LogP) is 7.87. The number of rotatable bonds is 10. The summed E-state index contributed by atoms with van der Waals surface area (Å²) in [4.78, 5) is 23.2. The molecule has 1 amide bonds. The molecular weight excluding hydrogens is 544 g/mol. The lowest BCUT2D eigenvalue weighted by molar-refractivity contribution is -0.147. The average Bonchev–Trinajstić information content (AvgIpc) is 3.35. The zero-order valence-electron chi connectivity index (χ0n) is 25.5. The van der Waals surface area contributed by atoms with Crippen LogP contribution in [0.25, 0.3) is 22.3 Å². The number of hydrogen-bond acceptors (Lipinski definition) is 4. The third-order valence-electron chi connectivity index (χ3n) is 7.88. The van der Waals surface area contributed by atoms with E-state index >= 15 is 0 Å². The Balaban J connectivity index is 0.000000237. The van der Waals surface area contributed by atoms with Gasteiger partial charge in [0.2, 0.25) is 5.91 Å². The van der Waals surface area contributed by atoms with Crippen LogP contribution in [0, 0.1) is 11.8 Å². The molecule has 0 spiro atoms. The molecule has 1 aliphatic rings. The van der Waals surface area contributed by atoms with E-state index in [0.717, 1.165) is 19.3 Å². The minimum Gasteiger partial charge on any atom is -0.466 e. The lowest BCUT2D eigenvalue weighted by Crippen LogP contribution is -2.29. The molecule has 1 aliphatic heterocycles. The van der Waals surface area contributed by atoms with Gasteiger partial charge in [-0.2, -0.15) is 0 Å². The lowest BCUT2D eigenvalue weighted by atomic mass is 9.95. The van der Waals surface area contributed by atoms with Crippen molar-refractivity contribution in [1.29, 1.82) is 0 Å². The summed E-state index contributed by atoms with van der Waals surface area (Å²) in [6.07, 6.45) is 3.27. The van der Waals surface area contributed by atoms with Gasteiger partial charge in [-0.1, -0.05) is 130 Å². The molecule has 0 saturated carbocycles. The number of carbonyl (C=O) groups is 2. The Bertz CT molecular complexity index is 1420. The molecule has 5 heteroatoms. The maximum absolute atomic E-state index is 11.7.